The molecule has 0 heterocycles. The topological polar surface area (TPSA) is 131 Å². The molecule has 2 aromatic rings. The fourth-order valence-electron chi connectivity index (χ4n) is 4.13. The van der Waals surface area contributed by atoms with Gasteiger partial charge in [-0.15, -0.1) is 0 Å². The van der Waals surface area contributed by atoms with Gasteiger partial charge in [0.15, 0.2) is 0 Å². The summed E-state index contributed by atoms with van der Waals surface area (Å²) in [5, 5.41) is 11.1. The number of carbonyl (C=O) groups excluding carboxylic acids is 1. The number of nitrogens with one attached hydrogen (secondary N) is 1. The molecular formula is C29H39NO10. The van der Waals surface area contributed by atoms with Crippen molar-refractivity contribution in [2.45, 2.75) is 5.92 Å². The van der Waals surface area contributed by atoms with Gasteiger partial charge in [-0.1, -0.05) is 48.5 Å². The van der Waals surface area contributed by atoms with Crippen LogP contribution in [0.2, 0.25) is 0 Å². The minimum absolute atomic E-state index is 0.0349. The number of aliphatic carboxylic acids is 1. The molecule has 2 aromatic carbocycles. The van der Waals surface area contributed by atoms with Crippen LogP contribution in [0.5, 0.6) is 0 Å². The molecule has 0 aliphatic heterocycles. The van der Waals surface area contributed by atoms with E-state index in [-0.39, 0.29) is 25.7 Å². The van der Waals surface area contributed by atoms with Gasteiger partial charge in [0.25, 0.3) is 0 Å². The number of carboxylic acid groups (broad SMARTS) is 1. The quantitative estimate of drug-likeness (QED) is 0.207. The molecule has 11 heteroatoms. The maximum Gasteiger partial charge on any atom is 0.407 e. The summed E-state index contributed by atoms with van der Waals surface area (Å²) < 4.78 is 37.3. The first kappa shape index (κ1) is 31.5. The van der Waals surface area contributed by atoms with Crippen molar-refractivity contribution in [3.05, 3.63) is 59.7 Å². The van der Waals surface area contributed by atoms with E-state index in [9.17, 15) is 9.59 Å². The van der Waals surface area contributed by atoms with Gasteiger partial charge in [-0.25, -0.2) is 9.59 Å². The largest absolute Gasteiger partial charge is 0.480 e. The standard InChI is InChI=1S/C29H39NO10/c31-28(32)22-39-20-19-38-18-17-37-16-15-36-14-13-35-12-11-34-10-9-30-29(33)40-21-27-25-7-3-1-5-23(25)24-6-2-4-8-26(24)27/h1-8,27H,9-22H2,(H,30,33)(H,31,32). The first-order chi connectivity index (χ1) is 19.7. The average molecular weight is 562 g/mol. The number of amides is 1. The SMILES string of the molecule is O=C(O)COCCOCCOCCOCCOCCOCCNC(=O)OCC1c2ccccc2-c2ccccc21. The summed E-state index contributed by atoms with van der Waals surface area (Å²) in [7, 11) is 0. The highest BCUT2D eigenvalue weighted by Gasteiger charge is 2.28. The molecule has 0 atom stereocenters. The van der Waals surface area contributed by atoms with E-state index in [0.29, 0.717) is 72.6 Å². The second-order valence-corrected chi connectivity index (χ2v) is 8.76. The lowest BCUT2D eigenvalue weighted by molar-refractivity contribution is -0.142. The number of carboxylic acids is 1. The maximum atomic E-state index is 12.2. The van der Waals surface area contributed by atoms with E-state index in [1.807, 2.05) is 24.3 Å². The van der Waals surface area contributed by atoms with Crippen LogP contribution in [-0.2, 0) is 38.0 Å². The van der Waals surface area contributed by atoms with E-state index < -0.39 is 12.1 Å². The second-order valence-electron chi connectivity index (χ2n) is 8.76. The van der Waals surface area contributed by atoms with Crippen LogP contribution in [0.25, 0.3) is 11.1 Å². The van der Waals surface area contributed by atoms with Gasteiger partial charge in [-0.3, -0.25) is 0 Å². The predicted molar refractivity (Wildman–Crippen MR) is 146 cm³/mol. The molecule has 220 valence electrons. The molecule has 40 heavy (non-hydrogen) atoms. The summed E-state index contributed by atoms with van der Waals surface area (Å²) in [5.41, 5.74) is 4.75. The van der Waals surface area contributed by atoms with E-state index in [2.05, 4.69) is 29.6 Å². The van der Waals surface area contributed by atoms with Gasteiger partial charge in [-0.05, 0) is 22.3 Å². The Morgan fingerprint density at radius 2 is 1.05 bits per heavy atom. The van der Waals surface area contributed by atoms with Crippen molar-refractivity contribution >= 4 is 12.1 Å². The van der Waals surface area contributed by atoms with Crippen molar-refractivity contribution < 1.29 is 47.9 Å². The molecule has 1 amide bonds. The minimum atomic E-state index is -1.00. The van der Waals surface area contributed by atoms with E-state index >= 15 is 0 Å². The number of hydrogen-bond donors (Lipinski definition) is 2. The van der Waals surface area contributed by atoms with Gasteiger partial charge < -0.3 is 43.6 Å². The van der Waals surface area contributed by atoms with E-state index in [4.69, 9.17) is 38.3 Å². The third-order valence-electron chi connectivity index (χ3n) is 5.94. The Morgan fingerprint density at radius 1 is 0.625 bits per heavy atom. The molecule has 11 nitrogen and oxygen atoms in total. The Bertz CT molecular complexity index is 972. The Hall–Kier alpha value is -3.06. The van der Waals surface area contributed by atoms with Crippen molar-refractivity contribution in [3.8, 4) is 11.1 Å². The number of ether oxygens (including phenoxy) is 7. The van der Waals surface area contributed by atoms with Crippen molar-refractivity contribution in [3.63, 3.8) is 0 Å². The van der Waals surface area contributed by atoms with Crippen molar-refractivity contribution in [1.82, 2.24) is 5.32 Å². The summed E-state index contributed by atoms with van der Waals surface area (Å²) in [4.78, 5) is 22.4. The Balaban J connectivity index is 1.08. The minimum Gasteiger partial charge on any atom is -0.480 e. The zero-order valence-corrected chi connectivity index (χ0v) is 22.7. The van der Waals surface area contributed by atoms with Crippen LogP contribution in [0.4, 0.5) is 4.79 Å². The summed E-state index contributed by atoms with van der Waals surface area (Å²) in [6.07, 6.45) is -0.460. The smallest absolute Gasteiger partial charge is 0.407 e. The molecule has 3 rings (SSSR count). The van der Waals surface area contributed by atoms with Crippen LogP contribution in [0.3, 0.4) is 0 Å². The maximum absolute atomic E-state index is 12.2. The number of fused-ring (bicyclic) bond motifs is 3. The lowest BCUT2D eigenvalue weighted by atomic mass is 9.98. The molecule has 0 radical (unpaired) electrons. The normalized spacial score (nSPS) is 12.2. The average Bonchev–Trinajstić information content (AvgIpc) is 3.28. The van der Waals surface area contributed by atoms with Gasteiger partial charge >= 0.3 is 12.1 Å². The fourth-order valence-corrected chi connectivity index (χ4v) is 4.13. The number of rotatable bonds is 22. The Labute approximate surface area is 234 Å². The fraction of sp³-hybridized carbons (Fsp3) is 0.517. The van der Waals surface area contributed by atoms with Crippen LogP contribution >= 0.6 is 0 Å². The molecule has 0 fully saturated rings. The Kier molecular flexibility index (Phi) is 15.0. The van der Waals surface area contributed by atoms with E-state index in [0.717, 1.165) is 0 Å². The van der Waals surface area contributed by atoms with Crippen molar-refractivity contribution in [2.24, 2.45) is 0 Å². The number of alkyl carbamates (subject to hydrolysis) is 1. The van der Waals surface area contributed by atoms with Crippen molar-refractivity contribution in [2.75, 3.05) is 92.4 Å². The summed E-state index contributed by atoms with van der Waals surface area (Å²) >= 11 is 0. The first-order valence-electron chi connectivity index (χ1n) is 13.4. The van der Waals surface area contributed by atoms with E-state index in [1.54, 1.807) is 0 Å². The van der Waals surface area contributed by atoms with Gasteiger partial charge in [0.2, 0.25) is 0 Å². The van der Waals surface area contributed by atoms with Crippen LogP contribution in [0.1, 0.15) is 17.0 Å². The summed E-state index contributed by atoms with van der Waals surface area (Å²) in [6, 6.07) is 16.5. The highest BCUT2D eigenvalue weighted by Crippen LogP contribution is 2.44. The second kappa shape index (κ2) is 19.1. The number of hydrogen-bond acceptors (Lipinski definition) is 9. The lowest BCUT2D eigenvalue weighted by Gasteiger charge is -2.14. The van der Waals surface area contributed by atoms with Gasteiger partial charge in [0.05, 0.1) is 72.7 Å². The number of benzene rings is 2. The van der Waals surface area contributed by atoms with Crippen LogP contribution in [0, 0.1) is 0 Å². The van der Waals surface area contributed by atoms with Crippen LogP contribution in [-0.4, -0.2) is 110 Å². The molecular weight excluding hydrogens is 522 g/mol. The first-order valence-corrected chi connectivity index (χ1v) is 13.4. The monoisotopic (exact) mass is 561 g/mol. The molecule has 0 unspecified atom stereocenters. The van der Waals surface area contributed by atoms with Crippen molar-refractivity contribution in [1.29, 1.82) is 0 Å². The summed E-state index contributed by atoms with van der Waals surface area (Å²) in [6.45, 7) is 4.68. The van der Waals surface area contributed by atoms with Gasteiger partial charge in [-0.2, -0.15) is 0 Å². The lowest BCUT2D eigenvalue weighted by Crippen LogP contribution is -2.29. The molecule has 2 N–H and O–H groups in total. The number of carbonyl (C=O) groups is 2. The highest BCUT2D eigenvalue weighted by molar-refractivity contribution is 5.79. The van der Waals surface area contributed by atoms with Gasteiger partial charge in [0, 0.05) is 12.5 Å². The molecule has 1 aliphatic carbocycles. The zero-order valence-electron chi connectivity index (χ0n) is 22.7. The van der Waals surface area contributed by atoms with Crippen LogP contribution < -0.4 is 5.32 Å². The molecule has 0 bridgehead atoms. The Morgan fingerprint density at radius 3 is 1.52 bits per heavy atom. The molecule has 1 aliphatic rings. The third-order valence-corrected chi connectivity index (χ3v) is 5.94. The molecule has 0 aromatic heterocycles. The third kappa shape index (κ3) is 11.6. The zero-order chi connectivity index (χ0) is 28.3. The highest BCUT2D eigenvalue weighted by atomic mass is 16.6. The van der Waals surface area contributed by atoms with Gasteiger partial charge in [0.1, 0.15) is 13.2 Å². The predicted octanol–water partition coefficient (Wildman–Crippen LogP) is 2.71. The van der Waals surface area contributed by atoms with E-state index in [1.165, 1.54) is 22.3 Å². The summed E-state index contributed by atoms with van der Waals surface area (Å²) in [5.74, 6) is -0.965. The molecule has 0 saturated heterocycles. The molecule has 0 saturated carbocycles. The molecule has 0 spiro atoms. The van der Waals surface area contributed by atoms with Crippen LogP contribution in [0.15, 0.2) is 48.5 Å².